The van der Waals surface area contributed by atoms with Crippen molar-refractivity contribution in [3.8, 4) is 23.0 Å². The summed E-state index contributed by atoms with van der Waals surface area (Å²) in [4.78, 5) is 25.1. The second-order valence-electron chi connectivity index (χ2n) is 10.3. The Bertz CT molecular complexity index is 1490. The summed E-state index contributed by atoms with van der Waals surface area (Å²) >= 11 is 0. The molecule has 41 heavy (non-hydrogen) atoms. The highest BCUT2D eigenvalue weighted by molar-refractivity contribution is 5.98. The fourth-order valence-corrected chi connectivity index (χ4v) is 4.49. The number of benzene rings is 5. The molecule has 0 spiro atoms. The van der Waals surface area contributed by atoms with E-state index < -0.39 is 0 Å². The van der Waals surface area contributed by atoms with Crippen LogP contribution >= 0.6 is 0 Å². The summed E-state index contributed by atoms with van der Waals surface area (Å²) in [5.74, 6) is 3.15. The third-order valence-electron chi connectivity index (χ3n) is 6.81. The summed E-state index contributed by atoms with van der Waals surface area (Å²) in [5.41, 5.74) is 4.37. The zero-order valence-corrected chi connectivity index (χ0v) is 23.2. The molecule has 0 aliphatic rings. The molecule has 0 bridgehead atoms. The zero-order chi connectivity index (χ0) is 28.6. The minimum atomic E-state index is 0.0847. The van der Waals surface area contributed by atoms with E-state index in [1.807, 2.05) is 127 Å². The van der Waals surface area contributed by atoms with Crippen molar-refractivity contribution in [2.45, 2.75) is 32.6 Å². The molecule has 0 aromatic heterocycles. The number of carbonyl (C=O) groups excluding carboxylic acids is 2. The Labute approximate surface area is 241 Å². The largest absolute Gasteiger partial charge is 0.457 e. The van der Waals surface area contributed by atoms with Gasteiger partial charge in [0.1, 0.15) is 23.0 Å². The minimum absolute atomic E-state index is 0.0847. The Kier molecular flexibility index (Phi) is 8.70. The quantitative estimate of drug-likeness (QED) is 0.157. The topological polar surface area (TPSA) is 52.6 Å². The van der Waals surface area contributed by atoms with Gasteiger partial charge in [0.25, 0.3) is 0 Å². The maximum absolute atomic E-state index is 12.5. The molecule has 0 N–H and O–H groups in total. The van der Waals surface area contributed by atoms with Crippen LogP contribution < -0.4 is 9.47 Å². The molecule has 0 saturated carbocycles. The van der Waals surface area contributed by atoms with E-state index in [-0.39, 0.29) is 17.5 Å². The van der Waals surface area contributed by atoms with Crippen LogP contribution in [0, 0.1) is 0 Å². The third-order valence-corrected chi connectivity index (χ3v) is 6.81. The number of rotatable bonds is 11. The first-order valence-corrected chi connectivity index (χ1v) is 13.8. The number of hydrogen-bond donors (Lipinski definition) is 0. The lowest BCUT2D eigenvalue weighted by atomic mass is 10.0. The third kappa shape index (κ3) is 7.58. The summed E-state index contributed by atoms with van der Waals surface area (Å²) in [6.07, 6.45) is 0.675. The van der Waals surface area contributed by atoms with E-state index in [2.05, 4.69) is 13.8 Å². The second-order valence-corrected chi connectivity index (χ2v) is 10.3. The van der Waals surface area contributed by atoms with Crippen molar-refractivity contribution in [1.82, 2.24) is 0 Å². The summed E-state index contributed by atoms with van der Waals surface area (Å²) in [6, 6.07) is 39.7. The molecule has 0 aliphatic carbocycles. The van der Waals surface area contributed by atoms with Crippen LogP contribution in [0.25, 0.3) is 0 Å². The van der Waals surface area contributed by atoms with Gasteiger partial charge >= 0.3 is 0 Å². The van der Waals surface area contributed by atoms with Crippen molar-refractivity contribution in [1.29, 1.82) is 0 Å². The van der Waals surface area contributed by atoms with E-state index in [0.717, 1.165) is 16.7 Å². The van der Waals surface area contributed by atoms with Crippen LogP contribution in [0.15, 0.2) is 127 Å². The van der Waals surface area contributed by atoms with Crippen LogP contribution in [-0.4, -0.2) is 11.6 Å². The van der Waals surface area contributed by atoms with Gasteiger partial charge in [-0.2, -0.15) is 0 Å². The normalized spacial score (nSPS) is 10.8. The van der Waals surface area contributed by atoms with Gasteiger partial charge in [-0.1, -0.05) is 98.8 Å². The minimum Gasteiger partial charge on any atom is -0.457 e. The molecule has 0 amide bonds. The first-order chi connectivity index (χ1) is 19.9. The predicted molar refractivity (Wildman–Crippen MR) is 163 cm³/mol. The number of hydrogen-bond acceptors (Lipinski definition) is 4. The van der Waals surface area contributed by atoms with Gasteiger partial charge in [0.15, 0.2) is 11.6 Å². The van der Waals surface area contributed by atoms with Gasteiger partial charge in [-0.3, -0.25) is 9.59 Å². The average molecular weight is 541 g/mol. The lowest BCUT2D eigenvalue weighted by Gasteiger charge is -2.14. The van der Waals surface area contributed by atoms with Crippen molar-refractivity contribution in [3.63, 3.8) is 0 Å². The van der Waals surface area contributed by atoms with Gasteiger partial charge in [0.05, 0.1) is 0 Å². The molecule has 5 aromatic rings. The number of ketones is 2. The van der Waals surface area contributed by atoms with Gasteiger partial charge < -0.3 is 9.47 Å². The molecule has 0 saturated heterocycles. The summed E-state index contributed by atoms with van der Waals surface area (Å²) < 4.78 is 12.4. The maximum Gasteiger partial charge on any atom is 0.167 e. The highest BCUT2D eigenvalue weighted by atomic mass is 16.5. The van der Waals surface area contributed by atoms with Crippen LogP contribution in [0.4, 0.5) is 0 Å². The molecule has 204 valence electrons. The van der Waals surface area contributed by atoms with E-state index in [4.69, 9.17) is 9.47 Å². The van der Waals surface area contributed by atoms with Crippen LogP contribution in [0.5, 0.6) is 23.0 Å². The van der Waals surface area contributed by atoms with Gasteiger partial charge in [-0.05, 0) is 59.0 Å². The number of ether oxygens (including phenoxy) is 2. The number of carbonyl (C=O) groups is 2. The second kappa shape index (κ2) is 12.9. The standard InChI is InChI=1S/C37H32O4/c1-26(2)31-23-34(40-32-17-13-27(14-18-32)21-36(38)29-9-5-3-6-10-29)25-35(24-31)41-33-19-15-28(16-20-33)22-37(39)30-11-7-4-8-12-30/h3-20,23-26H,21-22H2,1-2H3. The van der Waals surface area contributed by atoms with E-state index in [1.165, 1.54) is 0 Å². The lowest BCUT2D eigenvalue weighted by molar-refractivity contribution is 0.0984. The Hall–Kier alpha value is -4.96. The molecule has 5 rings (SSSR count). The first kappa shape index (κ1) is 27.6. The molecule has 5 aromatic carbocycles. The Morgan fingerprint density at radius 3 is 1.27 bits per heavy atom. The van der Waals surface area contributed by atoms with Crippen molar-refractivity contribution in [2.75, 3.05) is 0 Å². The molecule has 0 heterocycles. The molecule has 0 fully saturated rings. The smallest absolute Gasteiger partial charge is 0.167 e. The summed E-state index contributed by atoms with van der Waals surface area (Å²) in [7, 11) is 0. The van der Waals surface area contributed by atoms with Crippen LogP contribution in [-0.2, 0) is 12.8 Å². The van der Waals surface area contributed by atoms with Gasteiger partial charge in [0, 0.05) is 30.0 Å². The monoisotopic (exact) mass is 540 g/mol. The lowest BCUT2D eigenvalue weighted by Crippen LogP contribution is -2.03. The molecular weight excluding hydrogens is 508 g/mol. The number of Topliss-reactive ketones (excluding diaryl/α,β-unsaturated/α-hetero) is 2. The van der Waals surface area contributed by atoms with E-state index >= 15 is 0 Å². The van der Waals surface area contributed by atoms with Crippen LogP contribution in [0.3, 0.4) is 0 Å². The van der Waals surface area contributed by atoms with E-state index in [9.17, 15) is 9.59 Å². The molecular formula is C37H32O4. The fourth-order valence-electron chi connectivity index (χ4n) is 4.49. The highest BCUT2D eigenvalue weighted by Crippen LogP contribution is 2.33. The van der Waals surface area contributed by atoms with Gasteiger partial charge in [-0.25, -0.2) is 0 Å². The Morgan fingerprint density at radius 1 is 0.512 bits per heavy atom. The molecule has 4 nitrogen and oxygen atoms in total. The molecule has 0 radical (unpaired) electrons. The van der Waals surface area contributed by atoms with E-state index in [1.54, 1.807) is 0 Å². The van der Waals surface area contributed by atoms with Crippen molar-refractivity contribution >= 4 is 11.6 Å². The van der Waals surface area contributed by atoms with Crippen LogP contribution in [0.1, 0.15) is 57.2 Å². The molecule has 4 heteroatoms. The van der Waals surface area contributed by atoms with Crippen molar-refractivity contribution in [2.24, 2.45) is 0 Å². The highest BCUT2D eigenvalue weighted by Gasteiger charge is 2.11. The first-order valence-electron chi connectivity index (χ1n) is 13.8. The van der Waals surface area contributed by atoms with Crippen molar-refractivity contribution in [3.05, 3.63) is 155 Å². The van der Waals surface area contributed by atoms with Crippen LogP contribution in [0.2, 0.25) is 0 Å². The van der Waals surface area contributed by atoms with E-state index in [0.29, 0.717) is 47.0 Å². The summed E-state index contributed by atoms with van der Waals surface area (Å²) in [5, 5.41) is 0. The average Bonchev–Trinajstić information content (AvgIpc) is 3.00. The predicted octanol–water partition coefficient (Wildman–Crippen LogP) is 9.25. The zero-order valence-electron chi connectivity index (χ0n) is 23.2. The molecule has 0 aliphatic heterocycles. The van der Waals surface area contributed by atoms with Crippen molar-refractivity contribution < 1.29 is 19.1 Å². The maximum atomic E-state index is 12.5. The summed E-state index contributed by atoms with van der Waals surface area (Å²) in [6.45, 7) is 4.25. The fraction of sp³-hybridized carbons (Fsp3) is 0.135. The molecule has 0 unspecified atom stereocenters. The van der Waals surface area contributed by atoms with Gasteiger partial charge in [0.2, 0.25) is 0 Å². The Morgan fingerprint density at radius 2 is 0.902 bits per heavy atom. The SMILES string of the molecule is CC(C)c1cc(Oc2ccc(CC(=O)c3ccccc3)cc2)cc(Oc2ccc(CC(=O)c3ccccc3)cc2)c1. The Balaban J connectivity index is 1.25. The molecule has 0 atom stereocenters. The van der Waals surface area contributed by atoms with Gasteiger partial charge in [-0.15, -0.1) is 0 Å².